The third-order valence-electron chi connectivity index (χ3n) is 3.81. The van der Waals surface area contributed by atoms with Gasteiger partial charge in [-0.15, -0.1) is 0 Å². The van der Waals surface area contributed by atoms with Gasteiger partial charge in [0.05, 0.1) is 15.9 Å². The van der Waals surface area contributed by atoms with Gasteiger partial charge in [-0.1, -0.05) is 0 Å². The Hall–Kier alpha value is -0.880. The average molecular weight is 330 g/mol. The molecule has 2 rings (SSSR count). The second kappa shape index (κ2) is 6.05. The summed E-state index contributed by atoms with van der Waals surface area (Å²) in [4.78, 5) is 13.1. The molecule has 6 heteroatoms. The van der Waals surface area contributed by atoms with Crippen LogP contribution in [0.3, 0.4) is 0 Å². The van der Waals surface area contributed by atoms with Gasteiger partial charge >= 0.3 is 5.97 Å². The number of piperidine rings is 1. The third-order valence-corrected chi connectivity index (χ3v) is 4.84. The Morgan fingerprint density at radius 1 is 1.47 bits per heavy atom. The van der Waals surface area contributed by atoms with E-state index in [2.05, 4.69) is 25.9 Å². The highest BCUT2D eigenvalue weighted by Gasteiger charge is 2.23. The van der Waals surface area contributed by atoms with Crippen LogP contribution in [-0.2, 0) is 18.4 Å². The summed E-state index contributed by atoms with van der Waals surface area (Å²) < 4.78 is 3.01. The molecular formula is C13H20BrN3O2. The molecule has 1 aliphatic rings. The molecule has 1 N–H and O–H groups in total. The fraction of sp³-hybridized carbons (Fsp3) is 0.692. The molecule has 0 aromatic carbocycles. The number of carbonyl (C=O) groups is 1. The van der Waals surface area contributed by atoms with Gasteiger partial charge in [0.2, 0.25) is 0 Å². The van der Waals surface area contributed by atoms with Gasteiger partial charge in [-0.25, -0.2) is 0 Å². The SMILES string of the molecule is Cc1nn(C)c(CN2CCC(CC(=O)O)CC2)c1Br. The molecule has 1 aromatic heterocycles. The number of aryl methyl sites for hydroxylation is 2. The smallest absolute Gasteiger partial charge is 0.303 e. The Morgan fingerprint density at radius 2 is 2.11 bits per heavy atom. The number of aliphatic carboxylic acids is 1. The molecule has 1 fully saturated rings. The Balaban J connectivity index is 1.90. The highest BCUT2D eigenvalue weighted by Crippen LogP contribution is 2.25. The van der Waals surface area contributed by atoms with Crippen LogP contribution in [0.1, 0.15) is 30.7 Å². The minimum Gasteiger partial charge on any atom is -0.481 e. The number of likely N-dealkylation sites (tertiary alicyclic amines) is 1. The molecule has 0 bridgehead atoms. The summed E-state index contributed by atoms with van der Waals surface area (Å²) in [6.45, 7) is 4.80. The monoisotopic (exact) mass is 329 g/mol. The Kier molecular flexibility index (Phi) is 4.62. The van der Waals surface area contributed by atoms with E-state index in [-0.39, 0.29) is 0 Å². The maximum atomic E-state index is 10.7. The first-order valence-corrected chi connectivity index (χ1v) is 7.38. The number of carboxylic acids is 1. The Bertz CT molecular complexity index is 465. The van der Waals surface area contributed by atoms with Crippen molar-refractivity contribution in [2.24, 2.45) is 13.0 Å². The molecule has 0 spiro atoms. The highest BCUT2D eigenvalue weighted by atomic mass is 79.9. The predicted octanol–water partition coefficient (Wildman–Crippen LogP) is 2.18. The molecule has 0 saturated carbocycles. The number of hydrogen-bond acceptors (Lipinski definition) is 3. The molecular weight excluding hydrogens is 310 g/mol. The van der Waals surface area contributed by atoms with Gasteiger partial charge in [0.1, 0.15) is 0 Å². The normalized spacial score (nSPS) is 17.8. The summed E-state index contributed by atoms with van der Waals surface area (Å²) >= 11 is 3.58. The molecule has 1 saturated heterocycles. The van der Waals surface area contributed by atoms with Crippen LogP contribution in [0.2, 0.25) is 0 Å². The van der Waals surface area contributed by atoms with Crippen molar-refractivity contribution in [2.45, 2.75) is 32.7 Å². The van der Waals surface area contributed by atoms with E-state index < -0.39 is 5.97 Å². The van der Waals surface area contributed by atoms with Gasteiger partial charge in [0.15, 0.2) is 0 Å². The fourth-order valence-corrected chi connectivity index (χ4v) is 3.12. The first-order chi connectivity index (χ1) is 8.97. The lowest BCUT2D eigenvalue weighted by Crippen LogP contribution is -2.34. The zero-order valence-corrected chi connectivity index (χ0v) is 13.0. The van der Waals surface area contributed by atoms with Gasteiger partial charge < -0.3 is 5.11 Å². The van der Waals surface area contributed by atoms with Gasteiger partial charge in [-0.05, 0) is 54.7 Å². The van der Waals surface area contributed by atoms with Gasteiger partial charge in [0, 0.05) is 20.0 Å². The molecule has 5 nitrogen and oxygen atoms in total. The van der Waals surface area contributed by atoms with Crippen molar-refractivity contribution >= 4 is 21.9 Å². The van der Waals surface area contributed by atoms with Gasteiger partial charge in [0.25, 0.3) is 0 Å². The van der Waals surface area contributed by atoms with Crippen molar-refractivity contribution < 1.29 is 9.90 Å². The van der Waals surface area contributed by atoms with Crippen LogP contribution in [0.4, 0.5) is 0 Å². The number of hydrogen-bond donors (Lipinski definition) is 1. The number of carboxylic acid groups (broad SMARTS) is 1. The van der Waals surface area contributed by atoms with Crippen LogP contribution in [0.15, 0.2) is 4.47 Å². The van der Waals surface area contributed by atoms with Crippen LogP contribution in [0, 0.1) is 12.8 Å². The Morgan fingerprint density at radius 3 is 2.58 bits per heavy atom. The zero-order chi connectivity index (χ0) is 14.0. The molecule has 0 radical (unpaired) electrons. The molecule has 19 heavy (non-hydrogen) atoms. The van der Waals surface area contributed by atoms with Crippen LogP contribution >= 0.6 is 15.9 Å². The lowest BCUT2D eigenvalue weighted by Gasteiger charge is -2.31. The van der Waals surface area contributed by atoms with Crippen molar-refractivity contribution in [3.63, 3.8) is 0 Å². The van der Waals surface area contributed by atoms with E-state index in [4.69, 9.17) is 5.11 Å². The Labute approximate surface area is 121 Å². The van der Waals surface area contributed by atoms with E-state index in [9.17, 15) is 4.79 Å². The topological polar surface area (TPSA) is 58.4 Å². The molecule has 0 atom stereocenters. The van der Waals surface area contributed by atoms with Crippen LogP contribution in [-0.4, -0.2) is 38.8 Å². The average Bonchev–Trinajstić information content (AvgIpc) is 2.58. The standard InChI is InChI=1S/C13H20BrN3O2/c1-9-13(14)11(16(2)15-9)8-17-5-3-10(4-6-17)7-12(18)19/h10H,3-8H2,1-2H3,(H,18,19). The quantitative estimate of drug-likeness (QED) is 0.919. The number of aromatic nitrogens is 2. The molecule has 0 aliphatic carbocycles. The third kappa shape index (κ3) is 3.57. The van der Waals surface area contributed by atoms with Crippen LogP contribution in [0.25, 0.3) is 0 Å². The van der Waals surface area contributed by atoms with E-state index in [0.29, 0.717) is 12.3 Å². The van der Waals surface area contributed by atoms with Crippen LogP contribution < -0.4 is 0 Å². The summed E-state index contributed by atoms with van der Waals surface area (Å²) in [5.41, 5.74) is 2.20. The van der Waals surface area contributed by atoms with E-state index in [1.54, 1.807) is 0 Å². The van der Waals surface area contributed by atoms with E-state index in [1.807, 2.05) is 18.7 Å². The first kappa shape index (κ1) is 14.5. The minimum atomic E-state index is -0.677. The van der Waals surface area contributed by atoms with Gasteiger partial charge in [-0.2, -0.15) is 5.10 Å². The zero-order valence-electron chi connectivity index (χ0n) is 11.4. The lowest BCUT2D eigenvalue weighted by molar-refractivity contribution is -0.138. The largest absolute Gasteiger partial charge is 0.481 e. The van der Waals surface area contributed by atoms with E-state index in [0.717, 1.165) is 42.6 Å². The van der Waals surface area contributed by atoms with E-state index in [1.165, 1.54) is 5.69 Å². The van der Waals surface area contributed by atoms with Crippen molar-refractivity contribution in [2.75, 3.05) is 13.1 Å². The summed E-state index contributed by atoms with van der Waals surface area (Å²) in [5.74, 6) is -0.339. The van der Waals surface area contributed by atoms with Crippen molar-refractivity contribution in [3.05, 3.63) is 15.9 Å². The molecule has 2 heterocycles. The molecule has 0 unspecified atom stereocenters. The summed E-state index contributed by atoms with van der Waals surface area (Å²) in [6.07, 6.45) is 2.25. The summed E-state index contributed by atoms with van der Waals surface area (Å²) in [6, 6.07) is 0. The second-order valence-electron chi connectivity index (χ2n) is 5.29. The fourth-order valence-electron chi connectivity index (χ4n) is 2.66. The number of rotatable bonds is 4. The first-order valence-electron chi connectivity index (χ1n) is 6.59. The summed E-state index contributed by atoms with van der Waals surface area (Å²) in [7, 11) is 1.96. The molecule has 1 aromatic rings. The van der Waals surface area contributed by atoms with Crippen molar-refractivity contribution in [1.82, 2.24) is 14.7 Å². The number of nitrogens with zero attached hydrogens (tertiary/aromatic N) is 3. The molecule has 0 amide bonds. The second-order valence-corrected chi connectivity index (χ2v) is 6.08. The maximum absolute atomic E-state index is 10.7. The molecule has 1 aliphatic heterocycles. The maximum Gasteiger partial charge on any atom is 0.303 e. The van der Waals surface area contributed by atoms with E-state index >= 15 is 0 Å². The number of halogens is 1. The van der Waals surface area contributed by atoms with Crippen molar-refractivity contribution in [3.8, 4) is 0 Å². The minimum absolute atomic E-state index is 0.308. The molecule has 106 valence electrons. The lowest BCUT2D eigenvalue weighted by atomic mass is 9.93. The predicted molar refractivity (Wildman–Crippen MR) is 75.9 cm³/mol. The summed E-state index contributed by atoms with van der Waals surface area (Å²) in [5, 5.41) is 13.2. The van der Waals surface area contributed by atoms with Crippen LogP contribution in [0.5, 0.6) is 0 Å². The van der Waals surface area contributed by atoms with Gasteiger partial charge in [-0.3, -0.25) is 14.4 Å². The van der Waals surface area contributed by atoms with Crippen molar-refractivity contribution in [1.29, 1.82) is 0 Å². The highest BCUT2D eigenvalue weighted by molar-refractivity contribution is 9.10.